The van der Waals surface area contributed by atoms with Gasteiger partial charge in [0.1, 0.15) is 6.04 Å². The van der Waals surface area contributed by atoms with Gasteiger partial charge in [-0.15, -0.1) is 0 Å². The van der Waals surface area contributed by atoms with Gasteiger partial charge in [0.25, 0.3) is 0 Å². The van der Waals surface area contributed by atoms with Gasteiger partial charge >= 0.3 is 18.1 Å². The highest BCUT2D eigenvalue weighted by Gasteiger charge is 2.43. The zero-order chi connectivity index (χ0) is 12.1. The van der Waals surface area contributed by atoms with Gasteiger partial charge in [-0.1, -0.05) is 0 Å². The Morgan fingerprint density at radius 2 is 1.87 bits per heavy atom. The van der Waals surface area contributed by atoms with Gasteiger partial charge in [0.15, 0.2) is 0 Å². The van der Waals surface area contributed by atoms with Gasteiger partial charge in [-0.2, -0.15) is 13.2 Å². The maximum Gasteiger partial charge on any atom is 0.495 e. The van der Waals surface area contributed by atoms with E-state index in [4.69, 9.17) is 5.73 Å². The lowest BCUT2D eigenvalue weighted by atomic mass is 10.3. The molecule has 0 amide bonds. The molecule has 0 saturated carbocycles. The van der Waals surface area contributed by atoms with Crippen molar-refractivity contribution in [3.8, 4) is 0 Å². The molecule has 0 rings (SSSR count). The lowest BCUT2D eigenvalue weighted by Crippen LogP contribution is -2.38. The molecular weight excluding hydrogens is 223 g/mol. The summed E-state index contributed by atoms with van der Waals surface area (Å²) in [5, 5.41) is 0. The number of rotatable bonds is 3. The molecule has 6 nitrogen and oxygen atoms in total. The Balaban J connectivity index is 3.96. The molecule has 0 spiro atoms. The molecule has 0 radical (unpaired) electrons. The second-order valence-electron chi connectivity index (χ2n) is 2.33. The first-order valence-corrected chi connectivity index (χ1v) is 3.53. The van der Waals surface area contributed by atoms with Crippen LogP contribution >= 0.6 is 0 Å². The minimum atomic E-state index is -5.23. The Bertz CT molecular complexity index is 241. The molecule has 0 bridgehead atoms. The number of carbonyl (C=O) groups is 2. The molecule has 0 saturated heterocycles. The first-order chi connectivity index (χ1) is 6.79. The van der Waals surface area contributed by atoms with Crippen LogP contribution in [0.5, 0.6) is 0 Å². The molecule has 0 fully saturated rings. The average Bonchev–Trinajstić information content (AvgIpc) is 2.12. The van der Waals surface area contributed by atoms with Crippen LogP contribution in [0.2, 0.25) is 0 Å². The van der Waals surface area contributed by atoms with Crippen LogP contribution in [0, 0.1) is 0 Å². The van der Waals surface area contributed by atoms with Crippen molar-refractivity contribution >= 4 is 11.9 Å². The van der Waals surface area contributed by atoms with Gasteiger partial charge in [-0.25, -0.2) is 19.4 Å². The van der Waals surface area contributed by atoms with Crippen molar-refractivity contribution in [3.63, 3.8) is 0 Å². The van der Waals surface area contributed by atoms with E-state index in [0.717, 1.165) is 0 Å². The fourth-order valence-electron chi connectivity index (χ4n) is 0.436. The molecule has 1 atom stereocenters. The number of hydrogen-bond donors (Lipinski definition) is 1. The van der Waals surface area contributed by atoms with Crippen molar-refractivity contribution in [1.82, 2.24) is 0 Å². The van der Waals surface area contributed by atoms with E-state index in [9.17, 15) is 22.8 Å². The van der Waals surface area contributed by atoms with Gasteiger partial charge in [-0.3, -0.25) is 0 Å². The zero-order valence-corrected chi connectivity index (χ0v) is 7.54. The van der Waals surface area contributed by atoms with Crippen molar-refractivity contribution in [2.45, 2.75) is 12.2 Å². The summed E-state index contributed by atoms with van der Waals surface area (Å²) in [6.07, 6.45) is -5.23. The molecule has 2 N–H and O–H groups in total. The summed E-state index contributed by atoms with van der Waals surface area (Å²) in [5.74, 6) is -3.98. The summed E-state index contributed by atoms with van der Waals surface area (Å²) < 4.78 is 39.0. The summed E-state index contributed by atoms with van der Waals surface area (Å²) in [5.41, 5.74) is 5.05. The monoisotopic (exact) mass is 231 g/mol. The third-order valence-corrected chi connectivity index (χ3v) is 1.08. The summed E-state index contributed by atoms with van der Waals surface area (Å²) in [4.78, 5) is 27.5. The summed E-state index contributed by atoms with van der Waals surface area (Å²) >= 11 is 0. The Labute approximate surface area is 82.0 Å². The van der Waals surface area contributed by atoms with Gasteiger partial charge < -0.3 is 10.5 Å². The third kappa shape index (κ3) is 5.18. The number of carbonyl (C=O) groups excluding carboxylic acids is 2. The van der Waals surface area contributed by atoms with E-state index in [1.165, 1.54) is 7.11 Å². The number of nitrogens with two attached hydrogens (primary N) is 1. The average molecular weight is 231 g/mol. The minimum absolute atomic E-state index is 0.275. The van der Waals surface area contributed by atoms with Crippen molar-refractivity contribution in [3.05, 3.63) is 0 Å². The first-order valence-electron chi connectivity index (χ1n) is 3.53. The van der Waals surface area contributed by atoms with Gasteiger partial charge in [0.2, 0.25) is 0 Å². The quantitative estimate of drug-likeness (QED) is 0.521. The number of methoxy groups -OCH3 is 1. The minimum Gasteiger partial charge on any atom is -0.382 e. The topological polar surface area (TPSA) is 87.8 Å². The highest BCUT2D eigenvalue weighted by molar-refractivity contribution is 5.78. The standard InChI is InChI=1S/C6H8F3NO5/c1-13-2-3(10)4(11)14-15-5(12)6(7,8)9/h3H,2,10H2,1H3/t3-/m1/s1. The summed E-state index contributed by atoms with van der Waals surface area (Å²) in [7, 11) is 1.22. The molecule has 0 aromatic carbocycles. The number of alkyl halides is 3. The van der Waals surface area contributed by atoms with E-state index in [2.05, 4.69) is 14.5 Å². The molecule has 0 aliphatic carbocycles. The Morgan fingerprint density at radius 1 is 1.33 bits per heavy atom. The normalized spacial score (nSPS) is 13.1. The van der Waals surface area contributed by atoms with Crippen LogP contribution < -0.4 is 5.73 Å². The van der Waals surface area contributed by atoms with Crippen LogP contribution in [0.4, 0.5) is 13.2 Å². The predicted molar refractivity (Wildman–Crippen MR) is 38.1 cm³/mol. The van der Waals surface area contributed by atoms with Crippen LogP contribution in [0.3, 0.4) is 0 Å². The second-order valence-corrected chi connectivity index (χ2v) is 2.33. The van der Waals surface area contributed by atoms with E-state index in [1.807, 2.05) is 0 Å². The Morgan fingerprint density at radius 3 is 2.27 bits per heavy atom. The molecule has 15 heavy (non-hydrogen) atoms. The van der Waals surface area contributed by atoms with Crippen LogP contribution in [0.15, 0.2) is 0 Å². The van der Waals surface area contributed by atoms with Crippen molar-refractivity contribution < 1.29 is 37.3 Å². The fourth-order valence-corrected chi connectivity index (χ4v) is 0.436. The molecule has 0 aromatic heterocycles. The molecule has 0 aromatic rings. The lowest BCUT2D eigenvalue weighted by molar-refractivity contribution is -0.286. The maximum atomic E-state index is 11.5. The van der Waals surface area contributed by atoms with Crippen molar-refractivity contribution in [1.29, 1.82) is 0 Å². The Kier molecular flexibility index (Phi) is 5.02. The van der Waals surface area contributed by atoms with E-state index >= 15 is 0 Å². The van der Waals surface area contributed by atoms with E-state index in [0.29, 0.717) is 0 Å². The lowest BCUT2D eigenvalue weighted by Gasteiger charge is -2.09. The molecule has 9 heteroatoms. The van der Waals surface area contributed by atoms with Crippen LogP contribution in [0.1, 0.15) is 0 Å². The molecule has 88 valence electrons. The second kappa shape index (κ2) is 5.51. The number of hydrogen-bond acceptors (Lipinski definition) is 6. The Hall–Kier alpha value is -1.35. The van der Waals surface area contributed by atoms with Gasteiger partial charge in [0.05, 0.1) is 6.61 Å². The highest BCUT2D eigenvalue weighted by atomic mass is 19.4. The van der Waals surface area contributed by atoms with E-state index < -0.39 is 24.2 Å². The number of ether oxygens (including phenoxy) is 1. The number of halogens is 3. The van der Waals surface area contributed by atoms with Crippen molar-refractivity contribution in [2.24, 2.45) is 5.73 Å². The first kappa shape index (κ1) is 13.7. The zero-order valence-electron chi connectivity index (χ0n) is 7.54. The summed E-state index contributed by atoms with van der Waals surface area (Å²) in [6, 6.07) is -1.32. The smallest absolute Gasteiger partial charge is 0.382 e. The highest BCUT2D eigenvalue weighted by Crippen LogP contribution is 2.16. The van der Waals surface area contributed by atoms with E-state index in [-0.39, 0.29) is 6.61 Å². The molecule has 0 aliphatic rings. The van der Waals surface area contributed by atoms with Gasteiger partial charge in [0, 0.05) is 7.11 Å². The van der Waals surface area contributed by atoms with Crippen molar-refractivity contribution in [2.75, 3.05) is 13.7 Å². The molecular formula is C6H8F3NO5. The van der Waals surface area contributed by atoms with Gasteiger partial charge in [-0.05, 0) is 0 Å². The molecule has 0 aliphatic heterocycles. The van der Waals surface area contributed by atoms with Crippen LogP contribution in [0.25, 0.3) is 0 Å². The maximum absolute atomic E-state index is 11.5. The van der Waals surface area contributed by atoms with E-state index in [1.54, 1.807) is 0 Å². The molecule has 0 heterocycles. The third-order valence-electron chi connectivity index (χ3n) is 1.08. The van der Waals surface area contributed by atoms with Crippen LogP contribution in [-0.4, -0.2) is 37.9 Å². The molecule has 0 unspecified atom stereocenters. The fraction of sp³-hybridized carbons (Fsp3) is 0.667. The summed E-state index contributed by atoms with van der Waals surface area (Å²) in [6.45, 7) is -0.275. The van der Waals surface area contributed by atoms with Crippen LogP contribution in [-0.2, 0) is 24.1 Å². The largest absolute Gasteiger partial charge is 0.495 e. The SMILES string of the molecule is COC[C@@H](N)C(=O)OOC(=O)C(F)(F)F. The predicted octanol–water partition coefficient (Wildman–Crippen LogP) is -0.476.